The number of halogens is 4. The van der Waals surface area contributed by atoms with Crippen molar-refractivity contribution >= 4 is 58.1 Å². The Morgan fingerprint density at radius 3 is 2.41 bits per heavy atom. The number of hydrogen-bond donors (Lipinski definition) is 0. The van der Waals surface area contributed by atoms with Crippen molar-refractivity contribution in [3.63, 3.8) is 0 Å². The van der Waals surface area contributed by atoms with Crippen LogP contribution in [0.5, 0.6) is 0 Å². The van der Waals surface area contributed by atoms with Crippen LogP contribution in [0.4, 0.5) is 18.9 Å². The standard InChI is InChI=1S/C27H21ClF3N3O5S2/c28-16-6-4-14(5-7-16)19-20-21(24(37)34(23(20)36)17-3-1-2-15(12-17)27(29,30)31)40-25-22(19)41-26(38)33(25)13-18(35)32-8-10-39-11-9-32/h1-7,12,19-21H,8-11,13H2/t19-,20?,21?/m1/s1. The third-order valence-corrected chi connectivity index (χ3v) is 10.2. The first-order valence-electron chi connectivity index (χ1n) is 12.6. The molecule has 0 saturated carbocycles. The number of thioether (sulfide) groups is 1. The SMILES string of the molecule is O=C(Cn1c2c(sc1=O)[C@H](c1ccc(Cl)cc1)C1C(=O)N(c3cccc(C(F)(F)F)c3)C(=O)C1S2)N1CCOCC1. The summed E-state index contributed by atoms with van der Waals surface area (Å²) < 4.78 is 47.0. The first-order valence-corrected chi connectivity index (χ1v) is 14.7. The van der Waals surface area contributed by atoms with Crippen LogP contribution >= 0.6 is 34.7 Å². The van der Waals surface area contributed by atoms with E-state index in [0.29, 0.717) is 46.8 Å². The first-order chi connectivity index (χ1) is 19.5. The van der Waals surface area contributed by atoms with E-state index >= 15 is 0 Å². The Hall–Kier alpha value is -3.13. The molecular weight excluding hydrogens is 603 g/mol. The number of ether oxygens (including phenoxy) is 1. The van der Waals surface area contributed by atoms with Crippen molar-refractivity contribution in [3.8, 4) is 0 Å². The van der Waals surface area contributed by atoms with E-state index < -0.39 is 45.5 Å². The summed E-state index contributed by atoms with van der Waals surface area (Å²) in [4.78, 5) is 56.4. The number of carbonyl (C=O) groups is 3. The highest BCUT2D eigenvalue weighted by Crippen LogP contribution is 2.54. The maximum absolute atomic E-state index is 13.9. The lowest BCUT2D eigenvalue weighted by atomic mass is 9.83. The van der Waals surface area contributed by atoms with Crippen LogP contribution < -0.4 is 9.77 Å². The van der Waals surface area contributed by atoms with Gasteiger partial charge in [-0.05, 0) is 35.9 Å². The predicted octanol–water partition coefficient (Wildman–Crippen LogP) is 4.24. The molecule has 2 saturated heterocycles. The van der Waals surface area contributed by atoms with Gasteiger partial charge < -0.3 is 9.64 Å². The maximum Gasteiger partial charge on any atom is 0.416 e. The van der Waals surface area contributed by atoms with Gasteiger partial charge in [-0.1, -0.05) is 52.9 Å². The molecule has 41 heavy (non-hydrogen) atoms. The Bertz CT molecular complexity index is 1600. The van der Waals surface area contributed by atoms with Crippen LogP contribution in [0.2, 0.25) is 5.02 Å². The predicted molar refractivity (Wildman–Crippen MR) is 146 cm³/mol. The summed E-state index contributed by atoms with van der Waals surface area (Å²) in [6.45, 7) is 1.32. The fourth-order valence-electron chi connectivity index (χ4n) is 5.41. The summed E-state index contributed by atoms with van der Waals surface area (Å²) >= 11 is 8.00. The van der Waals surface area contributed by atoms with Gasteiger partial charge in [-0.3, -0.25) is 23.7 Å². The largest absolute Gasteiger partial charge is 0.416 e. The van der Waals surface area contributed by atoms with Gasteiger partial charge >= 0.3 is 11.0 Å². The number of rotatable bonds is 4. The maximum atomic E-state index is 13.9. The van der Waals surface area contributed by atoms with Crippen LogP contribution in [0.1, 0.15) is 21.9 Å². The van der Waals surface area contributed by atoms with Gasteiger partial charge in [-0.15, -0.1) is 0 Å². The van der Waals surface area contributed by atoms with Crippen LogP contribution in [0.25, 0.3) is 0 Å². The quantitative estimate of drug-likeness (QED) is 0.404. The van der Waals surface area contributed by atoms with Gasteiger partial charge in [-0.25, -0.2) is 4.90 Å². The van der Waals surface area contributed by atoms with E-state index in [-0.39, 0.29) is 18.1 Å². The second kappa shape index (κ2) is 10.6. The fraction of sp³-hybridized carbons (Fsp3) is 0.333. The topological polar surface area (TPSA) is 88.9 Å². The van der Waals surface area contributed by atoms with Gasteiger partial charge in [0.05, 0.1) is 35.4 Å². The molecule has 0 bridgehead atoms. The number of nitrogens with zero attached hydrogens (tertiary/aromatic N) is 3. The molecule has 2 aromatic carbocycles. The molecule has 3 atom stereocenters. The minimum Gasteiger partial charge on any atom is -0.378 e. The van der Waals surface area contributed by atoms with Gasteiger partial charge in [-0.2, -0.15) is 13.2 Å². The molecule has 3 amide bonds. The second-order valence-electron chi connectivity index (χ2n) is 9.77. The highest BCUT2D eigenvalue weighted by atomic mass is 35.5. The zero-order valence-electron chi connectivity index (χ0n) is 21.1. The number of aromatic nitrogens is 1. The summed E-state index contributed by atoms with van der Waals surface area (Å²) in [6, 6.07) is 10.7. The van der Waals surface area contributed by atoms with E-state index in [4.69, 9.17) is 16.3 Å². The average molecular weight is 624 g/mol. The number of carbonyl (C=O) groups excluding carboxylic acids is 3. The number of amides is 3. The summed E-state index contributed by atoms with van der Waals surface area (Å²) in [6.07, 6.45) is -4.66. The molecule has 0 spiro atoms. The van der Waals surface area contributed by atoms with Gasteiger partial charge in [0.25, 0.3) is 0 Å². The van der Waals surface area contributed by atoms with Crippen LogP contribution in [0, 0.1) is 5.92 Å². The molecule has 3 aliphatic rings. The number of fused-ring (bicyclic) bond motifs is 2. The molecule has 1 aromatic heterocycles. The molecular formula is C27H21ClF3N3O5S2. The number of alkyl halides is 3. The van der Waals surface area contributed by atoms with Crippen LogP contribution in [0.15, 0.2) is 58.4 Å². The smallest absolute Gasteiger partial charge is 0.378 e. The van der Waals surface area contributed by atoms with E-state index in [0.717, 1.165) is 46.2 Å². The van der Waals surface area contributed by atoms with Crippen LogP contribution in [0.3, 0.4) is 0 Å². The van der Waals surface area contributed by atoms with E-state index in [2.05, 4.69) is 0 Å². The monoisotopic (exact) mass is 623 g/mol. The zero-order chi connectivity index (χ0) is 29.1. The Morgan fingerprint density at radius 2 is 1.73 bits per heavy atom. The van der Waals surface area contributed by atoms with Gasteiger partial charge in [0.1, 0.15) is 11.8 Å². The fourth-order valence-corrected chi connectivity index (χ4v) is 8.31. The summed E-state index contributed by atoms with van der Waals surface area (Å²) in [7, 11) is 0. The van der Waals surface area contributed by atoms with Gasteiger partial charge in [0.15, 0.2) is 0 Å². The lowest BCUT2D eigenvalue weighted by Crippen LogP contribution is -2.43. The van der Waals surface area contributed by atoms with Crippen molar-refractivity contribution in [1.82, 2.24) is 9.47 Å². The van der Waals surface area contributed by atoms with E-state index in [1.54, 1.807) is 29.2 Å². The lowest BCUT2D eigenvalue weighted by Gasteiger charge is -2.31. The van der Waals surface area contributed by atoms with Crippen molar-refractivity contribution in [1.29, 1.82) is 0 Å². The first kappa shape index (κ1) is 28.0. The molecule has 214 valence electrons. The minimum atomic E-state index is -4.66. The number of thiazole rings is 1. The van der Waals surface area contributed by atoms with Gasteiger partial charge in [0.2, 0.25) is 17.7 Å². The van der Waals surface area contributed by atoms with E-state index in [1.807, 2.05) is 0 Å². The molecule has 2 fully saturated rings. The second-order valence-corrected chi connectivity index (χ2v) is 12.3. The highest BCUT2D eigenvalue weighted by molar-refractivity contribution is 8.00. The molecule has 4 heterocycles. The Balaban J connectivity index is 1.43. The minimum absolute atomic E-state index is 0.178. The Kier molecular flexibility index (Phi) is 7.25. The molecule has 6 rings (SSSR count). The molecule has 0 N–H and O–H groups in total. The molecule has 14 heteroatoms. The van der Waals surface area contributed by atoms with Crippen LogP contribution in [-0.4, -0.2) is 58.7 Å². The third-order valence-electron chi connectivity index (χ3n) is 7.37. The van der Waals surface area contributed by atoms with E-state index in [9.17, 15) is 32.3 Å². The molecule has 8 nitrogen and oxygen atoms in total. The van der Waals surface area contributed by atoms with Crippen LogP contribution in [-0.2, 0) is 31.8 Å². The molecule has 3 aliphatic heterocycles. The Morgan fingerprint density at radius 1 is 1.02 bits per heavy atom. The average Bonchev–Trinajstić information content (AvgIpc) is 3.39. The number of benzene rings is 2. The third kappa shape index (κ3) is 4.98. The summed E-state index contributed by atoms with van der Waals surface area (Å²) in [5.41, 5.74) is -0.546. The summed E-state index contributed by atoms with van der Waals surface area (Å²) in [5.74, 6) is -3.36. The zero-order valence-corrected chi connectivity index (χ0v) is 23.5. The van der Waals surface area contributed by atoms with E-state index in [1.165, 1.54) is 10.6 Å². The van der Waals surface area contributed by atoms with Crippen molar-refractivity contribution in [2.75, 3.05) is 31.2 Å². The van der Waals surface area contributed by atoms with Crippen molar-refractivity contribution < 1.29 is 32.3 Å². The molecule has 2 unspecified atom stereocenters. The number of morpholine rings is 1. The number of anilines is 1. The number of imide groups is 1. The van der Waals surface area contributed by atoms with Crippen molar-refractivity contribution in [3.05, 3.63) is 79.2 Å². The molecule has 3 aromatic rings. The molecule has 0 radical (unpaired) electrons. The van der Waals surface area contributed by atoms with Crippen molar-refractivity contribution in [2.24, 2.45) is 5.92 Å². The highest BCUT2D eigenvalue weighted by Gasteiger charge is 2.57. The lowest BCUT2D eigenvalue weighted by molar-refractivity contribution is -0.138. The molecule has 0 aliphatic carbocycles. The van der Waals surface area contributed by atoms with Crippen molar-refractivity contribution in [2.45, 2.75) is 28.9 Å². The normalized spacial score (nSPS) is 22.6. The number of hydrogen-bond acceptors (Lipinski definition) is 7. The summed E-state index contributed by atoms with van der Waals surface area (Å²) in [5, 5.41) is -0.184. The Labute approximate surface area is 244 Å². The van der Waals surface area contributed by atoms with Gasteiger partial charge in [0, 0.05) is 28.9 Å².